The molecule has 2 aliphatic rings. The number of hydrogen-bond donors (Lipinski definition) is 4. The fourth-order valence-corrected chi connectivity index (χ4v) is 3.12. The van der Waals surface area contributed by atoms with E-state index >= 15 is 0 Å². The number of rotatable bonds is 3. The van der Waals surface area contributed by atoms with Gasteiger partial charge in [-0.25, -0.2) is 0 Å². The zero-order chi connectivity index (χ0) is 15.7. The van der Waals surface area contributed by atoms with Gasteiger partial charge < -0.3 is 26.2 Å². The molecule has 1 aromatic rings. The molecule has 9 heteroatoms. The summed E-state index contributed by atoms with van der Waals surface area (Å²) in [6, 6.07) is 3.40. The Morgan fingerprint density at radius 2 is 2.21 bits per heavy atom. The van der Waals surface area contributed by atoms with Gasteiger partial charge in [-0.1, -0.05) is 11.6 Å². The Labute approximate surface area is 158 Å². The third-order valence-electron chi connectivity index (χ3n) is 4.34. The smallest absolute Gasteiger partial charge is 0.261 e. The normalized spacial score (nSPS) is 24.8. The van der Waals surface area contributed by atoms with Gasteiger partial charge in [-0.3, -0.25) is 4.79 Å². The molecule has 24 heavy (non-hydrogen) atoms. The third-order valence-corrected chi connectivity index (χ3v) is 4.67. The number of aliphatic hydroxyl groups excluding tert-OH is 1. The van der Waals surface area contributed by atoms with E-state index < -0.39 is 12.2 Å². The number of hydrogen-bond acceptors (Lipinski definition) is 5. The van der Waals surface area contributed by atoms with Crippen LogP contribution in [0, 0.1) is 5.92 Å². The van der Waals surface area contributed by atoms with Crippen LogP contribution in [0.4, 0.5) is 5.69 Å². The van der Waals surface area contributed by atoms with Crippen LogP contribution in [0.25, 0.3) is 0 Å². The molecule has 5 N–H and O–H groups in total. The van der Waals surface area contributed by atoms with Crippen LogP contribution in [0.1, 0.15) is 12.0 Å². The minimum atomic E-state index is -0.588. The number of fused-ring (bicyclic) bond motifs is 1. The van der Waals surface area contributed by atoms with E-state index in [1.807, 2.05) is 0 Å². The van der Waals surface area contributed by atoms with Crippen molar-refractivity contribution in [3.8, 4) is 5.75 Å². The number of nitrogen functional groups attached to an aromatic ring is 1. The Kier molecular flexibility index (Phi) is 7.89. The van der Waals surface area contributed by atoms with Crippen molar-refractivity contribution in [2.24, 2.45) is 5.92 Å². The Morgan fingerprint density at radius 3 is 2.92 bits per heavy atom. The highest BCUT2D eigenvalue weighted by atomic mass is 35.5. The molecular weight excluding hydrogens is 377 g/mol. The second kappa shape index (κ2) is 8.97. The van der Waals surface area contributed by atoms with Crippen LogP contribution in [-0.2, 0) is 11.2 Å². The number of aliphatic hydroxyl groups is 1. The van der Waals surface area contributed by atoms with Gasteiger partial charge in [-0.2, -0.15) is 0 Å². The van der Waals surface area contributed by atoms with E-state index in [4.69, 9.17) is 22.1 Å². The van der Waals surface area contributed by atoms with Gasteiger partial charge >= 0.3 is 0 Å². The van der Waals surface area contributed by atoms with Crippen molar-refractivity contribution in [2.45, 2.75) is 25.0 Å². The standard InChI is InChI=1S/C15H20ClN3O3.2ClH/c16-10-1-2-12-9(14(10)17)5-13(22-12)15(21)19-6-8-3-4-18-7-11(8)20;;/h1-2,8,11,13,18,20H,3-7,17H2,(H,19,21);2*1H. The zero-order valence-corrected chi connectivity index (χ0v) is 15.3. The Morgan fingerprint density at radius 1 is 1.46 bits per heavy atom. The number of carbonyl (C=O) groups is 1. The van der Waals surface area contributed by atoms with Gasteiger partial charge in [-0.05, 0) is 25.1 Å². The molecule has 0 aromatic heterocycles. The quantitative estimate of drug-likeness (QED) is 0.573. The monoisotopic (exact) mass is 397 g/mol. The first-order valence-corrected chi connectivity index (χ1v) is 7.84. The molecule has 1 saturated heterocycles. The average molecular weight is 399 g/mol. The first-order valence-electron chi connectivity index (χ1n) is 7.46. The summed E-state index contributed by atoms with van der Waals surface area (Å²) in [5.41, 5.74) is 7.18. The Hall–Kier alpha value is -0.920. The molecule has 136 valence electrons. The van der Waals surface area contributed by atoms with Crippen LogP contribution in [0.3, 0.4) is 0 Å². The number of amides is 1. The second-order valence-corrected chi connectivity index (χ2v) is 6.22. The molecule has 1 fully saturated rings. The third kappa shape index (κ3) is 4.37. The average Bonchev–Trinajstić information content (AvgIpc) is 2.95. The molecule has 0 spiro atoms. The molecule has 1 aromatic carbocycles. The lowest BCUT2D eigenvalue weighted by Crippen LogP contribution is -2.47. The SMILES string of the molecule is Cl.Cl.Nc1c(Cl)ccc2c1CC(C(=O)NCC1CCNCC1O)O2. The van der Waals surface area contributed by atoms with Crippen molar-refractivity contribution in [2.75, 3.05) is 25.4 Å². The van der Waals surface area contributed by atoms with Crippen LogP contribution in [0.2, 0.25) is 5.02 Å². The number of nitrogens with one attached hydrogen (secondary N) is 2. The minimum Gasteiger partial charge on any atom is -0.480 e. The summed E-state index contributed by atoms with van der Waals surface area (Å²) in [5.74, 6) is 0.509. The van der Waals surface area contributed by atoms with E-state index in [0.717, 1.165) is 18.5 Å². The van der Waals surface area contributed by atoms with Crippen LogP contribution in [-0.4, -0.2) is 42.9 Å². The molecule has 1 amide bonds. The maximum absolute atomic E-state index is 12.3. The van der Waals surface area contributed by atoms with Crippen LogP contribution in [0.5, 0.6) is 5.75 Å². The highest BCUT2D eigenvalue weighted by molar-refractivity contribution is 6.33. The lowest BCUT2D eigenvalue weighted by molar-refractivity contribution is -0.127. The fourth-order valence-electron chi connectivity index (χ4n) is 2.94. The van der Waals surface area contributed by atoms with Gasteiger partial charge in [0.15, 0.2) is 6.10 Å². The van der Waals surface area contributed by atoms with Crippen LogP contribution >= 0.6 is 36.4 Å². The molecule has 0 aliphatic carbocycles. The zero-order valence-electron chi connectivity index (χ0n) is 13.0. The Bertz CT molecular complexity index is 589. The van der Waals surface area contributed by atoms with E-state index in [1.54, 1.807) is 12.1 Å². The summed E-state index contributed by atoms with van der Waals surface area (Å²) < 4.78 is 5.65. The molecule has 0 radical (unpaired) electrons. The van der Waals surface area contributed by atoms with Crippen molar-refractivity contribution in [1.29, 1.82) is 0 Å². The minimum absolute atomic E-state index is 0. The molecule has 3 rings (SSSR count). The highest BCUT2D eigenvalue weighted by Crippen LogP contribution is 2.37. The predicted molar refractivity (Wildman–Crippen MR) is 98.5 cm³/mol. The molecule has 6 nitrogen and oxygen atoms in total. The molecule has 3 atom stereocenters. The lowest BCUT2D eigenvalue weighted by atomic mass is 9.95. The summed E-state index contributed by atoms with van der Waals surface area (Å²) in [6.07, 6.45) is 0.248. The summed E-state index contributed by atoms with van der Waals surface area (Å²) in [6.45, 7) is 1.88. The summed E-state index contributed by atoms with van der Waals surface area (Å²) in [4.78, 5) is 12.3. The van der Waals surface area contributed by atoms with Gasteiger partial charge in [0, 0.05) is 31.0 Å². The number of anilines is 1. The van der Waals surface area contributed by atoms with Crippen LogP contribution < -0.4 is 21.1 Å². The number of halogens is 3. The van der Waals surface area contributed by atoms with E-state index in [2.05, 4.69) is 10.6 Å². The number of carbonyl (C=O) groups excluding carboxylic acids is 1. The molecule has 0 bridgehead atoms. The number of nitrogens with two attached hydrogens (primary N) is 1. The first-order chi connectivity index (χ1) is 10.6. The summed E-state index contributed by atoms with van der Waals surface area (Å²) >= 11 is 5.98. The highest BCUT2D eigenvalue weighted by Gasteiger charge is 2.32. The van der Waals surface area contributed by atoms with E-state index in [1.165, 1.54) is 0 Å². The van der Waals surface area contributed by atoms with Crippen molar-refractivity contribution in [3.63, 3.8) is 0 Å². The van der Waals surface area contributed by atoms with Crippen molar-refractivity contribution < 1.29 is 14.6 Å². The van der Waals surface area contributed by atoms with Gasteiger partial charge in [0.2, 0.25) is 0 Å². The van der Waals surface area contributed by atoms with Crippen LogP contribution in [0.15, 0.2) is 12.1 Å². The molecule has 0 saturated carbocycles. The Balaban J connectivity index is 0.00000144. The predicted octanol–water partition coefficient (Wildman–Crippen LogP) is 1.16. The maximum atomic E-state index is 12.3. The van der Waals surface area contributed by atoms with E-state index in [9.17, 15) is 9.90 Å². The van der Waals surface area contributed by atoms with Crippen molar-refractivity contribution >= 4 is 48.0 Å². The van der Waals surface area contributed by atoms with Crippen molar-refractivity contribution in [3.05, 3.63) is 22.7 Å². The lowest BCUT2D eigenvalue weighted by Gasteiger charge is -2.28. The summed E-state index contributed by atoms with van der Waals surface area (Å²) in [7, 11) is 0. The maximum Gasteiger partial charge on any atom is 0.261 e. The van der Waals surface area contributed by atoms with Gasteiger partial charge in [-0.15, -0.1) is 24.8 Å². The topological polar surface area (TPSA) is 96.6 Å². The van der Waals surface area contributed by atoms with Crippen molar-refractivity contribution in [1.82, 2.24) is 10.6 Å². The van der Waals surface area contributed by atoms with E-state index in [0.29, 0.717) is 36.0 Å². The second-order valence-electron chi connectivity index (χ2n) is 5.81. The molecule has 3 unspecified atom stereocenters. The number of ether oxygens (including phenoxy) is 1. The molecular formula is C15H22Cl3N3O3. The van der Waals surface area contributed by atoms with Gasteiger partial charge in [0.05, 0.1) is 16.8 Å². The van der Waals surface area contributed by atoms with E-state index in [-0.39, 0.29) is 36.6 Å². The summed E-state index contributed by atoms with van der Waals surface area (Å²) in [5, 5.41) is 16.3. The first kappa shape index (κ1) is 21.1. The largest absolute Gasteiger partial charge is 0.480 e. The van der Waals surface area contributed by atoms with Gasteiger partial charge in [0.25, 0.3) is 5.91 Å². The fraction of sp³-hybridized carbons (Fsp3) is 0.533. The number of piperidine rings is 1. The number of β-amino-alcohol motifs (C(OH)–C–C–N with tert-alkyl or cyclic N) is 1. The molecule has 2 aliphatic heterocycles. The number of benzene rings is 1. The molecule has 2 heterocycles. The van der Waals surface area contributed by atoms with Gasteiger partial charge in [0.1, 0.15) is 5.75 Å².